The van der Waals surface area contributed by atoms with Crippen molar-refractivity contribution >= 4 is 23.3 Å². The summed E-state index contributed by atoms with van der Waals surface area (Å²) in [5.41, 5.74) is 2.02. The Morgan fingerprint density at radius 1 is 1.38 bits per heavy atom. The molecule has 1 unspecified atom stereocenters. The normalized spacial score (nSPS) is 15.0. The summed E-state index contributed by atoms with van der Waals surface area (Å²) >= 11 is 6.30. The van der Waals surface area contributed by atoms with E-state index >= 15 is 0 Å². The molecule has 3 rings (SSSR count). The van der Waals surface area contributed by atoms with E-state index < -0.39 is 0 Å². The van der Waals surface area contributed by atoms with Crippen LogP contribution in [0.2, 0.25) is 5.02 Å². The van der Waals surface area contributed by atoms with Crippen LogP contribution >= 0.6 is 11.6 Å². The number of aromatic nitrogens is 4. The number of nitrogens with zero attached hydrogens (tertiary/aromatic N) is 5. The predicted molar refractivity (Wildman–Crippen MR) is 102 cm³/mol. The number of hydrogen-bond acceptors (Lipinski definition) is 5. The van der Waals surface area contributed by atoms with Gasteiger partial charge >= 0.3 is 0 Å². The molecule has 0 bridgehead atoms. The van der Waals surface area contributed by atoms with Crippen LogP contribution in [0.4, 0.5) is 5.82 Å². The molecule has 2 heterocycles. The number of rotatable bonds is 6. The van der Waals surface area contributed by atoms with E-state index in [1.165, 1.54) is 0 Å². The molecule has 1 fully saturated rings. The van der Waals surface area contributed by atoms with E-state index in [1.54, 1.807) is 16.6 Å². The summed E-state index contributed by atoms with van der Waals surface area (Å²) < 4.78 is 1.64. The minimum absolute atomic E-state index is 0.0662. The van der Waals surface area contributed by atoms with Gasteiger partial charge in [-0.1, -0.05) is 11.6 Å². The quantitative estimate of drug-likeness (QED) is 0.838. The van der Waals surface area contributed by atoms with E-state index in [0.29, 0.717) is 23.2 Å². The number of carbonyl (C=O) groups excluding carboxylic acids is 1. The van der Waals surface area contributed by atoms with Crippen LogP contribution in [-0.2, 0) is 7.05 Å². The summed E-state index contributed by atoms with van der Waals surface area (Å²) in [6.45, 7) is 6.30. The van der Waals surface area contributed by atoms with Crippen molar-refractivity contribution in [1.29, 1.82) is 0 Å². The number of likely N-dealkylation sites (N-methyl/N-ethyl adjacent to an activating group) is 1. The Morgan fingerprint density at radius 2 is 2.08 bits per heavy atom. The Bertz CT molecular complexity index is 809. The Balaban J connectivity index is 1.74. The fourth-order valence-electron chi connectivity index (χ4n) is 3.15. The molecule has 1 atom stereocenters. The zero-order chi connectivity index (χ0) is 19.0. The average molecular weight is 377 g/mol. The molecule has 0 aromatic carbocycles. The Morgan fingerprint density at radius 3 is 2.62 bits per heavy atom. The Hall–Kier alpha value is -2.15. The van der Waals surface area contributed by atoms with Gasteiger partial charge in [0.25, 0.3) is 5.91 Å². The minimum atomic E-state index is -0.146. The molecule has 1 N–H and O–H groups in total. The molecular weight excluding hydrogens is 352 g/mol. The largest absolute Gasteiger partial charge is 0.368 e. The van der Waals surface area contributed by atoms with Gasteiger partial charge in [0.1, 0.15) is 11.6 Å². The molecule has 1 saturated carbocycles. The molecule has 1 aliphatic carbocycles. The van der Waals surface area contributed by atoms with Crippen molar-refractivity contribution in [3.05, 3.63) is 34.0 Å². The summed E-state index contributed by atoms with van der Waals surface area (Å²) in [5, 5.41) is 8.07. The number of nitrogens with one attached hydrogen (secondary N) is 1. The number of hydrogen-bond donors (Lipinski definition) is 1. The van der Waals surface area contributed by atoms with Crippen LogP contribution in [0.25, 0.3) is 0 Å². The third-order valence-electron chi connectivity index (χ3n) is 4.91. The Kier molecular flexibility index (Phi) is 5.18. The maximum atomic E-state index is 12.9. The van der Waals surface area contributed by atoms with Crippen LogP contribution in [0.15, 0.2) is 6.07 Å². The van der Waals surface area contributed by atoms with Gasteiger partial charge in [-0.3, -0.25) is 9.48 Å². The highest BCUT2D eigenvalue weighted by molar-refractivity contribution is 6.34. The SMILES string of the molecule is Cc1cc(NCC(C2CC2)N(C)C(=O)c2nn(C)c(C)c2Cl)nc(C)n1. The lowest BCUT2D eigenvalue weighted by Gasteiger charge is -2.28. The second-order valence-electron chi connectivity index (χ2n) is 7.02. The van der Waals surface area contributed by atoms with Crippen molar-refractivity contribution < 1.29 is 4.79 Å². The maximum Gasteiger partial charge on any atom is 0.275 e. The number of aryl methyl sites for hydroxylation is 3. The molecule has 0 spiro atoms. The second kappa shape index (κ2) is 7.23. The summed E-state index contributed by atoms with van der Waals surface area (Å²) in [6.07, 6.45) is 2.25. The molecule has 0 saturated heterocycles. The van der Waals surface area contributed by atoms with Crippen LogP contribution in [0, 0.1) is 26.7 Å². The first kappa shape index (κ1) is 18.6. The van der Waals surface area contributed by atoms with Crippen LogP contribution in [0.3, 0.4) is 0 Å². The van der Waals surface area contributed by atoms with Crippen molar-refractivity contribution in [3.63, 3.8) is 0 Å². The van der Waals surface area contributed by atoms with E-state index in [1.807, 2.05) is 33.9 Å². The summed E-state index contributed by atoms with van der Waals surface area (Å²) in [5.74, 6) is 1.86. The molecular formula is C18H25ClN6O. The lowest BCUT2D eigenvalue weighted by atomic mass is 10.1. The number of anilines is 1. The van der Waals surface area contributed by atoms with E-state index in [4.69, 9.17) is 11.6 Å². The zero-order valence-corrected chi connectivity index (χ0v) is 16.6. The number of halogens is 1. The zero-order valence-electron chi connectivity index (χ0n) is 15.9. The molecule has 26 heavy (non-hydrogen) atoms. The highest BCUT2D eigenvalue weighted by atomic mass is 35.5. The van der Waals surface area contributed by atoms with E-state index in [-0.39, 0.29) is 11.9 Å². The molecule has 140 valence electrons. The lowest BCUT2D eigenvalue weighted by Crippen LogP contribution is -2.43. The van der Waals surface area contributed by atoms with Gasteiger partial charge in [0.15, 0.2) is 5.69 Å². The molecule has 7 nitrogen and oxygen atoms in total. The maximum absolute atomic E-state index is 12.9. The van der Waals surface area contributed by atoms with Gasteiger partial charge in [0.05, 0.1) is 16.8 Å². The summed E-state index contributed by atoms with van der Waals surface area (Å²) in [7, 11) is 3.61. The second-order valence-corrected chi connectivity index (χ2v) is 7.39. The minimum Gasteiger partial charge on any atom is -0.368 e. The van der Waals surface area contributed by atoms with Gasteiger partial charge in [0.2, 0.25) is 0 Å². The molecule has 1 aliphatic rings. The molecule has 2 aromatic heterocycles. The summed E-state index contributed by atoms with van der Waals surface area (Å²) in [6, 6.07) is 1.98. The smallest absolute Gasteiger partial charge is 0.275 e. The van der Waals surface area contributed by atoms with Crippen LogP contribution in [0.5, 0.6) is 0 Å². The van der Waals surface area contributed by atoms with Gasteiger partial charge < -0.3 is 10.2 Å². The standard InChI is InChI=1S/C18H25ClN6O/c1-10-8-15(22-12(3)21-10)20-9-14(13-6-7-13)24(4)18(26)17-16(19)11(2)25(5)23-17/h8,13-14H,6-7,9H2,1-5H3,(H,20,21,22). The number of carbonyl (C=O) groups is 1. The molecule has 2 aromatic rings. The Labute approximate surface area is 158 Å². The average Bonchev–Trinajstić information content (AvgIpc) is 3.37. The van der Waals surface area contributed by atoms with Gasteiger partial charge in [-0.05, 0) is 39.5 Å². The fourth-order valence-corrected chi connectivity index (χ4v) is 3.40. The molecule has 0 radical (unpaired) electrons. The first-order valence-electron chi connectivity index (χ1n) is 8.80. The van der Waals surface area contributed by atoms with E-state index in [9.17, 15) is 4.79 Å². The summed E-state index contributed by atoms with van der Waals surface area (Å²) in [4.78, 5) is 23.4. The molecule has 1 amide bonds. The molecule has 0 aliphatic heterocycles. The highest BCUT2D eigenvalue weighted by Crippen LogP contribution is 2.36. The highest BCUT2D eigenvalue weighted by Gasteiger charge is 2.37. The first-order chi connectivity index (χ1) is 12.3. The lowest BCUT2D eigenvalue weighted by molar-refractivity contribution is 0.0715. The van der Waals surface area contributed by atoms with Gasteiger partial charge in [0, 0.05) is 32.4 Å². The van der Waals surface area contributed by atoms with Gasteiger partial charge in [-0.25, -0.2) is 9.97 Å². The van der Waals surface area contributed by atoms with Crippen LogP contribution in [-0.4, -0.2) is 50.2 Å². The van der Waals surface area contributed by atoms with Crippen molar-refractivity contribution in [2.75, 3.05) is 18.9 Å². The first-order valence-corrected chi connectivity index (χ1v) is 9.18. The van der Waals surface area contributed by atoms with Crippen molar-refractivity contribution in [2.24, 2.45) is 13.0 Å². The van der Waals surface area contributed by atoms with E-state index in [2.05, 4.69) is 20.4 Å². The topological polar surface area (TPSA) is 75.9 Å². The third-order valence-corrected chi connectivity index (χ3v) is 5.36. The van der Waals surface area contributed by atoms with Gasteiger partial charge in [-0.15, -0.1) is 0 Å². The number of amides is 1. The van der Waals surface area contributed by atoms with Crippen molar-refractivity contribution in [2.45, 2.75) is 39.7 Å². The van der Waals surface area contributed by atoms with Crippen LogP contribution in [0.1, 0.15) is 40.5 Å². The molecule has 8 heteroatoms. The third kappa shape index (κ3) is 3.82. The van der Waals surface area contributed by atoms with Gasteiger partial charge in [-0.2, -0.15) is 5.10 Å². The van der Waals surface area contributed by atoms with E-state index in [0.717, 1.165) is 35.9 Å². The predicted octanol–water partition coefficient (Wildman–Crippen LogP) is 2.75. The van der Waals surface area contributed by atoms with Crippen LogP contribution < -0.4 is 5.32 Å². The van der Waals surface area contributed by atoms with Crippen molar-refractivity contribution in [1.82, 2.24) is 24.6 Å². The fraction of sp³-hybridized carbons (Fsp3) is 0.556. The van der Waals surface area contributed by atoms with Crippen molar-refractivity contribution in [3.8, 4) is 0 Å². The monoisotopic (exact) mass is 376 g/mol.